The summed E-state index contributed by atoms with van der Waals surface area (Å²) in [6, 6.07) is 11.5. The van der Waals surface area contributed by atoms with Crippen molar-refractivity contribution in [3.63, 3.8) is 0 Å². The summed E-state index contributed by atoms with van der Waals surface area (Å²) in [4.78, 5) is 0. The highest BCUT2D eigenvalue weighted by Crippen LogP contribution is 2.22. The molecule has 0 aliphatic heterocycles. The number of halogens is 3. The number of nitrogens with one attached hydrogen (secondary N) is 1. The van der Waals surface area contributed by atoms with E-state index in [9.17, 15) is 8.42 Å². The Morgan fingerprint density at radius 2 is 1.61 bits per heavy atom. The molecule has 0 bridgehead atoms. The molecule has 0 amide bonds. The lowest BCUT2D eigenvalue weighted by atomic mass is 10.2. The number of ether oxygens (including phenoxy) is 1. The zero-order chi connectivity index (χ0) is 16.9. The van der Waals surface area contributed by atoms with Gasteiger partial charge in [0.05, 0.1) is 5.75 Å². The Morgan fingerprint density at radius 3 is 2.26 bits per heavy atom. The maximum atomic E-state index is 12.0. The zero-order valence-corrected chi connectivity index (χ0v) is 15.0. The van der Waals surface area contributed by atoms with Crippen LogP contribution in [0.25, 0.3) is 0 Å². The van der Waals surface area contributed by atoms with E-state index in [4.69, 9.17) is 39.5 Å². The van der Waals surface area contributed by atoms with E-state index in [-0.39, 0.29) is 18.9 Å². The predicted molar refractivity (Wildman–Crippen MR) is 94.0 cm³/mol. The van der Waals surface area contributed by atoms with Crippen molar-refractivity contribution in [2.24, 2.45) is 0 Å². The molecule has 23 heavy (non-hydrogen) atoms. The van der Waals surface area contributed by atoms with Crippen LogP contribution in [0.15, 0.2) is 42.5 Å². The minimum Gasteiger partial charge on any atom is -0.492 e. The molecule has 2 aromatic carbocycles. The summed E-state index contributed by atoms with van der Waals surface area (Å²) < 4.78 is 31.9. The van der Waals surface area contributed by atoms with E-state index in [1.807, 2.05) is 0 Å². The molecule has 0 saturated carbocycles. The van der Waals surface area contributed by atoms with Gasteiger partial charge in [0.25, 0.3) is 0 Å². The number of sulfonamides is 1. The van der Waals surface area contributed by atoms with Crippen molar-refractivity contribution in [3.8, 4) is 5.75 Å². The van der Waals surface area contributed by atoms with Crippen LogP contribution in [0.2, 0.25) is 15.1 Å². The SMILES string of the molecule is O=S(=O)(Cc1ccc(Cl)cc1Cl)NCCOc1ccc(Cl)cc1. The molecule has 2 rings (SSSR count). The van der Waals surface area contributed by atoms with Gasteiger partial charge < -0.3 is 4.74 Å². The Morgan fingerprint density at radius 1 is 0.957 bits per heavy atom. The molecule has 0 atom stereocenters. The van der Waals surface area contributed by atoms with Crippen LogP contribution in [-0.2, 0) is 15.8 Å². The molecule has 0 saturated heterocycles. The fourth-order valence-electron chi connectivity index (χ4n) is 1.79. The van der Waals surface area contributed by atoms with E-state index < -0.39 is 10.0 Å². The second-order valence-corrected chi connectivity index (χ2v) is 7.78. The van der Waals surface area contributed by atoms with Crippen LogP contribution in [-0.4, -0.2) is 21.6 Å². The van der Waals surface area contributed by atoms with Crippen molar-refractivity contribution in [1.82, 2.24) is 4.72 Å². The normalized spacial score (nSPS) is 11.4. The van der Waals surface area contributed by atoms with Gasteiger partial charge in [0, 0.05) is 21.6 Å². The minimum absolute atomic E-state index is 0.149. The number of hydrogen-bond donors (Lipinski definition) is 1. The average Bonchev–Trinajstić information content (AvgIpc) is 2.48. The van der Waals surface area contributed by atoms with Gasteiger partial charge in [-0.2, -0.15) is 0 Å². The summed E-state index contributed by atoms with van der Waals surface area (Å²) >= 11 is 17.5. The molecule has 4 nitrogen and oxygen atoms in total. The molecule has 8 heteroatoms. The first kappa shape index (κ1) is 18.4. The van der Waals surface area contributed by atoms with Gasteiger partial charge in [-0.05, 0) is 42.0 Å². The molecule has 0 spiro atoms. The molecule has 0 heterocycles. The Labute approximate surface area is 150 Å². The first-order chi connectivity index (χ1) is 10.9. The Balaban J connectivity index is 1.83. The second kappa shape index (κ2) is 8.22. The van der Waals surface area contributed by atoms with Crippen molar-refractivity contribution in [3.05, 3.63) is 63.1 Å². The molecule has 0 aliphatic rings. The van der Waals surface area contributed by atoms with E-state index in [0.29, 0.717) is 26.4 Å². The van der Waals surface area contributed by atoms with E-state index in [2.05, 4.69) is 4.72 Å². The Hall–Kier alpha value is -0.980. The van der Waals surface area contributed by atoms with Crippen LogP contribution in [0.4, 0.5) is 0 Å². The summed E-state index contributed by atoms with van der Waals surface area (Å²) in [6.07, 6.45) is 0. The predicted octanol–water partition coefficient (Wildman–Crippen LogP) is 4.15. The third-order valence-electron chi connectivity index (χ3n) is 2.87. The standard InChI is InChI=1S/C15H14Cl3NO3S/c16-12-3-5-14(6-4-12)22-8-7-19-23(20,21)10-11-1-2-13(17)9-15(11)18/h1-6,9,19H,7-8,10H2. The molecule has 0 aromatic heterocycles. The maximum Gasteiger partial charge on any atom is 0.215 e. The third-order valence-corrected chi connectivity index (χ3v) is 5.04. The second-order valence-electron chi connectivity index (χ2n) is 4.69. The number of hydrogen-bond acceptors (Lipinski definition) is 3. The Bertz CT molecular complexity index is 764. The molecular weight excluding hydrogens is 381 g/mol. The summed E-state index contributed by atoms with van der Waals surface area (Å²) in [5.74, 6) is 0.401. The molecule has 0 radical (unpaired) electrons. The van der Waals surface area contributed by atoms with E-state index >= 15 is 0 Å². The highest BCUT2D eigenvalue weighted by atomic mass is 35.5. The molecule has 0 aliphatic carbocycles. The van der Waals surface area contributed by atoms with Crippen LogP contribution < -0.4 is 9.46 Å². The zero-order valence-electron chi connectivity index (χ0n) is 11.9. The van der Waals surface area contributed by atoms with Gasteiger partial charge in [-0.1, -0.05) is 40.9 Å². The molecule has 124 valence electrons. The smallest absolute Gasteiger partial charge is 0.215 e. The maximum absolute atomic E-state index is 12.0. The fourth-order valence-corrected chi connectivity index (χ4v) is 3.63. The number of benzene rings is 2. The first-order valence-corrected chi connectivity index (χ1v) is 9.44. The van der Waals surface area contributed by atoms with E-state index in [0.717, 1.165) is 0 Å². The van der Waals surface area contributed by atoms with Crippen LogP contribution in [0, 0.1) is 0 Å². The summed E-state index contributed by atoms with van der Waals surface area (Å²) in [7, 11) is -3.51. The lowest BCUT2D eigenvalue weighted by Crippen LogP contribution is -2.29. The number of rotatable bonds is 7. The van der Waals surface area contributed by atoms with Crippen molar-refractivity contribution < 1.29 is 13.2 Å². The lowest BCUT2D eigenvalue weighted by Gasteiger charge is -2.09. The quantitative estimate of drug-likeness (QED) is 0.718. The van der Waals surface area contributed by atoms with Gasteiger partial charge in [-0.25, -0.2) is 13.1 Å². The highest BCUT2D eigenvalue weighted by molar-refractivity contribution is 7.88. The van der Waals surface area contributed by atoms with Gasteiger partial charge >= 0.3 is 0 Å². The van der Waals surface area contributed by atoms with Gasteiger partial charge in [0.1, 0.15) is 12.4 Å². The summed E-state index contributed by atoms with van der Waals surface area (Å²) in [6.45, 7) is 0.353. The van der Waals surface area contributed by atoms with Crippen LogP contribution >= 0.6 is 34.8 Å². The van der Waals surface area contributed by atoms with Crippen LogP contribution in [0.3, 0.4) is 0 Å². The van der Waals surface area contributed by atoms with Gasteiger partial charge in [0.2, 0.25) is 10.0 Å². The summed E-state index contributed by atoms with van der Waals surface area (Å²) in [5, 5.41) is 1.39. The van der Waals surface area contributed by atoms with Crippen molar-refractivity contribution >= 4 is 44.8 Å². The largest absolute Gasteiger partial charge is 0.492 e. The topological polar surface area (TPSA) is 55.4 Å². The van der Waals surface area contributed by atoms with Gasteiger partial charge in [-0.3, -0.25) is 0 Å². The minimum atomic E-state index is -3.51. The third kappa shape index (κ3) is 6.20. The van der Waals surface area contributed by atoms with Crippen LogP contribution in [0.5, 0.6) is 5.75 Å². The fraction of sp³-hybridized carbons (Fsp3) is 0.200. The summed E-state index contributed by atoms with van der Waals surface area (Å²) in [5.41, 5.74) is 0.488. The Kier molecular flexibility index (Phi) is 6.56. The molecule has 2 aromatic rings. The lowest BCUT2D eigenvalue weighted by molar-refractivity contribution is 0.323. The molecular formula is C15H14Cl3NO3S. The highest BCUT2D eigenvalue weighted by Gasteiger charge is 2.13. The monoisotopic (exact) mass is 393 g/mol. The first-order valence-electron chi connectivity index (χ1n) is 6.65. The van der Waals surface area contributed by atoms with Gasteiger partial charge in [0.15, 0.2) is 0 Å². The average molecular weight is 395 g/mol. The molecule has 0 unspecified atom stereocenters. The van der Waals surface area contributed by atoms with E-state index in [1.54, 1.807) is 36.4 Å². The van der Waals surface area contributed by atoms with E-state index in [1.165, 1.54) is 6.07 Å². The van der Waals surface area contributed by atoms with Crippen molar-refractivity contribution in [2.45, 2.75) is 5.75 Å². The van der Waals surface area contributed by atoms with Gasteiger partial charge in [-0.15, -0.1) is 0 Å². The molecule has 0 fully saturated rings. The van der Waals surface area contributed by atoms with Crippen molar-refractivity contribution in [2.75, 3.05) is 13.2 Å². The van der Waals surface area contributed by atoms with Crippen LogP contribution in [0.1, 0.15) is 5.56 Å². The molecule has 1 N–H and O–H groups in total. The van der Waals surface area contributed by atoms with Crippen molar-refractivity contribution in [1.29, 1.82) is 0 Å².